The molecule has 1 heterocycles. The van der Waals surface area contributed by atoms with Gasteiger partial charge in [0.05, 0.1) is 5.69 Å². The van der Waals surface area contributed by atoms with Crippen molar-refractivity contribution in [3.8, 4) is 0 Å². The van der Waals surface area contributed by atoms with Crippen LogP contribution in [0.3, 0.4) is 0 Å². The first-order valence-electron chi connectivity index (χ1n) is 3.73. The van der Waals surface area contributed by atoms with Gasteiger partial charge >= 0.3 is 0 Å². The molecule has 0 saturated carbocycles. The van der Waals surface area contributed by atoms with Crippen molar-refractivity contribution in [2.24, 2.45) is 0 Å². The number of rotatable bonds is 2. The van der Waals surface area contributed by atoms with Crippen molar-refractivity contribution >= 4 is 16.5 Å². The lowest BCUT2D eigenvalue weighted by molar-refractivity contribution is 0.215. The minimum absolute atomic E-state index is 0.510. The van der Waals surface area contributed by atoms with Crippen LogP contribution in [0.5, 0.6) is 0 Å². The van der Waals surface area contributed by atoms with Crippen molar-refractivity contribution in [3.63, 3.8) is 0 Å². The van der Waals surface area contributed by atoms with Gasteiger partial charge in [-0.1, -0.05) is 0 Å². The standard InChI is InChI=1S/C8H13FN2S/c1-8(2,9)6-5-12-7(10-6)11(3)4/h5H,1-4H3. The number of aromatic nitrogens is 1. The summed E-state index contributed by atoms with van der Waals surface area (Å²) in [5.41, 5.74) is -0.818. The van der Waals surface area contributed by atoms with Crippen molar-refractivity contribution in [2.75, 3.05) is 19.0 Å². The van der Waals surface area contributed by atoms with Gasteiger partial charge in [0.15, 0.2) is 5.13 Å². The Labute approximate surface area is 76.0 Å². The Morgan fingerprint density at radius 2 is 2.08 bits per heavy atom. The molecule has 0 aliphatic carbocycles. The van der Waals surface area contributed by atoms with Crippen LogP contribution < -0.4 is 4.90 Å². The van der Waals surface area contributed by atoms with Gasteiger partial charge in [0.25, 0.3) is 0 Å². The zero-order valence-corrected chi connectivity index (χ0v) is 8.57. The second-order valence-electron chi connectivity index (χ2n) is 3.38. The fraction of sp³-hybridized carbons (Fsp3) is 0.625. The molecule has 4 heteroatoms. The van der Waals surface area contributed by atoms with E-state index >= 15 is 0 Å². The summed E-state index contributed by atoms with van der Waals surface area (Å²) in [4.78, 5) is 6.03. The highest BCUT2D eigenvalue weighted by molar-refractivity contribution is 7.13. The number of nitrogens with zero attached hydrogens (tertiary/aromatic N) is 2. The second-order valence-corrected chi connectivity index (χ2v) is 4.22. The highest BCUT2D eigenvalue weighted by Crippen LogP contribution is 2.28. The lowest BCUT2D eigenvalue weighted by Crippen LogP contribution is -2.12. The molecule has 0 aliphatic rings. The average Bonchev–Trinajstić information content (AvgIpc) is 2.30. The van der Waals surface area contributed by atoms with Gasteiger partial charge in [-0.25, -0.2) is 9.37 Å². The van der Waals surface area contributed by atoms with E-state index in [1.165, 1.54) is 25.2 Å². The SMILES string of the molecule is CN(C)c1nc(C(C)(C)F)cs1. The van der Waals surface area contributed by atoms with Gasteiger partial charge in [-0.2, -0.15) is 0 Å². The summed E-state index contributed by atoms with van der Waals surface area (Å²) in [6, 6.07) is 0. The van der Waals surface area contributed by atoms with Crippen LogP contribution in [-0.2, 0) is 5.67 Å². The molecule has 0 radical (unpaired) electrons. The third-order valence-corrected chi connectivity index (χ3v) is 2.49. The first-order valence-corrected chi connectivity index (χ1v) is 4.61. The minimum Gasteiger partial charge on any atom is -0.354 e. The molecule has 0 N–H and O–H groups in total. The van der Waals surface area contributed by atoms with Gasteiger partial charge in [-0.15, -0.1) is 11.3 Å². The highest BCUT2D eigenvalue weighted by atomic mass is 32.1. The maximum Gasteiger partial charge on any atom is 0.185 e. The van der Waals surface area contributed by atoms with E-state index in [-0.39, 0.29) is 0 Å². The van der Waals surface area contributed by atoms with E-state index in [2.05, 4.69) is 4.98 Å². The van der Waals surface area contributed by atoms with Crippen molar-refractivity contribution in [1.82, 2.24) is 4.98 Å². The first-order chi connectivity index (χ1) is 5.41. The molecule has 0 atom stereocenters. The topological polar surface area (TPSA) is 16.1 Å². The largest absolute Gasteiger partial charge is 0.354 e. The molecule has 0 spiro atoms. The molecule has 0 aromatic carbocycles. The van der Waals surface area contributed by atoms with Crippen molar-refractivity contribution in [3.05, 3.63) is 11.1 Å². The summed E-state index contributed by atoms with van der Waals surface area (Å²) in [6.07, 6.45) is 0. The molecule has 0 aliphatic heterocycles. The Morgan fingerprint density at radius 3 is 2.33 bits per heavy atom. The van der Waals surface area contributed by atoms with Crippen LogP contribution in [0.1, 0.15) is 19.5 Å². The smallest absolute Gasteiger partial charge is 0.185 e. The van der Waals surface area contributed by atoms with E-state index in [1.54, 1.807) is 5.38 Å². The molecular formula is C8H13FN2S. The predicted molar refractivity (Wildman–Crippen MR) is 50.6 cm³/mol. The Kier molecular flexibility index (Phi) is 2.37. The van der Waals surface area contributed by atoms with Crippen LogP contribution in [0.2, 0.25) is 0 Å². The number of hydrogen-bond acceptors (Lipinski definition) is 3. The quantitative estimate of drug-likeness (QED) is 0.708. The fourth-order valence-electron chi connectivity index (χ4n) is 0.743. The second kappa shape index (κ2) is 3.01. The van der Waals surface area contributed by atoms with Crippen molar-refractivity contribution in [2.45, 2.75) is 19.5 Å². The van der Waals surface area contributed by atoms with Crippen molar-refractivity contribution < 1.29 is 4.39 Å². The molecule has 0 unspecified atom stereocenters. The zero-order valence-electron chi connectivity index (χ0n) is 7.76. The third-order valence-electron chi connectivity index (χ3n) is 1.48. The van der Waals surface area contributed by atoms with Gasteiger partial charge < -0.3 is 4.90 Å². The number of anilines is 1. The zero-order chi connectivity index (χ0) is 9.35. The van der Waals surface area contributed by atoms with Crippen LogP contribution in [0.15, 0.2) is 5.38 Å². The highest BCUT2D eigenvalue weighted by Gasteiger charge is 2.22. The van der Waals surface area contributed by atoms with E-state index in [9.17, 15) is 4.39 Å². The maximum atomic E-state index is 13.3. The molecule has 0 bridgehead atoms. The van der Waals surface area contributed by atoms with E-state index < -0.39 is 5.67 Å². The van der Waals surface area contributed by atoms with Crippen LogP contribution in [0.4, 0.5) is 9.52 Å². The number of halogens is 1. The normalized spacial score (nSPS) is 11.8. The Morgan fingerprint density at radius 1 is 1.50 bits per heavy atom. The summed E-state index contributed by atoms with van der Waals surface area (Å²) in [5.74, 6) is 0. The van der Waals surface area contributed by atoms with Crippen LogP contribution in [0.25, 0.3) is 0 Å². The summed E-state index contributed by atoms with van der Waals surface area (Å²) < 4.78 is 13.3. The van der Waals surface area contributed by atoms with Gasteiger partial charge in [0.1, 0.15) is 5.67 Å². The molecule has 1 aromatic rings. The molecule has 1 aromatic heterocycles. The monoisotopic (exact) mass is 188 g/mol. The van der Waals surface area contributed by atoms with Crippen LogP contribution >= 0.6 is 11.3 Å². The lowest BCUT2D eigenvalue weighted by Gasteiger charge is -2.10. The van der Waals surface area contributed by atoms with Gasteiger partial charge in [-0.3, -0.25) is 0 Å². The number of thiazole rings is 1. The summed E-state index contributed by atoms with van der Waals surface area (Å²) in [7, 11) is 3.79. The number of hydrogen-bond donors (Lipinski definition) is 0. The van der Waals surface area contributed by atoms with E-state index in [0.717, 1.165) is 5.13 Å². The third kappa shape index (κ3) is 1.94. The Bertz CT molecular complexity index is 262. The number of alkyl halides is 1. The van der Waals surface area contributed by atoms with Gasteiger partial charge in [-0.05, 0) is 13.8 Å². The van der Waals surface area contributed by atoms with Gasteiger partial charge in [0.2, 0.25) is 0 Å². The van der Waals surface area contributed by atoms with Gasteiger partial charge in [0, 0.05) is 19.5 Å². The first kappa shape index (κ1) is 9.45. The summed E-state index contributed by atoms with van der Waals surface area (Å²) >= 11 is 1.46. The van der Waals surface area contributed by atoms with E-state index in [1.807, 2.05) is 19.0 Å². The molecule has 12 heavy (non-hydrogen) atoms. The molecule has 2 nitrogen and oxygen atoms in total. The van der Waals surface area contributed by atoms with E-state index in [0.29, 0.717) is 5.69 Å². The molecule has 68 valence electrons. The maximum absolute atomic E-state index is 13.3. The molecule has 0 saturated heterocycles. The molecule has 0 amide bonds. The summed E-state index contributed by atoms with van der Waals surface area (Å²) in [5, 5.41) is 2.60. The molecular weight excluding hydrogens is 175 g/mol. The summed E-state index contributed by atoms with van der Waals surface area (Å²) in [6.45, 7) is 3.03. The van der Waals surface area contributed by atoms with Crippen molar-refractivity contribution in [1.29, 1.82) is 0 Å². The Hall–Kier alpha value is -0.640. The van der Waals surface area contributed by atoms with Crippen LogP contribution in [0, 0.1) is 0 Å². The minimum atomic E-state index is -1.33. The fourth-order valence-corrected chi connectivity index (χ4v) is 1.65. The molecule has 0 fully saturated rings. The lowest BCUT2D eigenvalue weighted by atomic mass is 10.1. The predicted octanol–water partition coefficient (Wildman–Crippen LogP) is 2.41. The van der Waals surface area contributed by atoms with E-state index in [4.69, 9.17) is 0 Å². The average molecular weight is 188 g/mol. The Balaban J connectivity index is 2.92. The van der Waals surface area contributed by atoms with Crippen LogP contribution in [-0.4, -0.2) is 19.1 Å². The molecule has 1 rings (SSSR count).